The Morgan fingerprint density at radius 3 is 2.36 bits per heavy atom. The van der Waals surface area contributed by atoms with E-state index < -0.39 is 23.6 Å². The minimum atomic E-state index is -4.59. The Morgan fingerprint density at radius 1 is 1.12 bits per heavy atom. The molecule has 1 atom stereocenters. The summed E-state index contributed by atoms with van der Waals surface area (Å²) in [7, 11) is 0. The summed E-state index contributed by atoms with van der Waals surface area (Å²) in [5.74, 6) is -0.886. The molecule has 1 N–H and O–H groups in total. The third kappa shape index (κ3) is 4.86. The van der Waals surface area contributed by atoms with Gasteiger partial charge in [0.25, 0.3) is 0 Å². The van der Waals surface area contributed by atoms with Crippen LogP contribution in [0, 0.1) is 5.82 Å². The number of rotatable bonds is 3. The van der Waals surface area contributed by atoms with Crippen molar-refractivity contribution >= 4 is 35.3 Å². The van der Waals surface area contributed by atoms with Crippen LogP contribution in [0.4, 0.5) is 17.6 Å². The van der Waals surface area contributed by atoms with E-state index in [1.165, 1.54) is 17.4 Å². The Bertz CT molecular complexity index is 714. The number of benzene rings is 1. The monoisotopic (exact) mass is 414 g/mol. The molecule has 1 aliphatic rings. The SMILES string of the molecule is Cl.Fc1cc([C@H](c2ccc(Cl)s2)N2CCNCC2)cc(C(F)(F)F)c1. The van der Waals surface area contributed by atoms with Gasteiger partial charge in [-0.15, -0.1) is 23.7 Å². The summed E-state index contributed by atoms with van der Waals surface area (Å²) < 4.78 is 53.6. The lowest BCUT2D eigenvalue weighted by molar-refractivity contribution is -0.137. The molecule has 2 heterocycles. The fourth-order valence-electron chi connectivity index (χ4n) is 2.90. The van der Waals surface area contributed by atoms with E-state index in [2.05, 4.69) is 5.32 Å². The van der Waals surface area contributed by atoms with Crippen molar-refractivity contribution in [2.24, 2.45) is 0 Å². The number of hydrogen-bond acceptors (Lipinski definition) is 3. The molecule has 0 radical (unpaired) electrons. The minimum absolute atomic E-state index is 0. The quantitative estimate of drug-likeness (QED) is 0.712. The Kier molecular flexibility index (Phi) is 6.73. The van der Waals surface area contributed by atoms with E-state index >= 15 is 0 Å². The van der Waals surface area contributed by atoms with E-state index in [0.29, 0.717) is 29.1 Å². The Morgan fingerprint density at radius 2 is 1.80 bits per heavy atom. The molecule has 138 valence electrons. The standard InChI is InChI=1S/C16H15ClF4N2S.ClH/c17-14-2-1-13(24-14)15(23-5-3-22-4-6-23)10-7-11(16(19,20)21)9-12(18)8-10;/h1-2,7-9,15,22H,3-6H2;1H/t15-;/m1./s1. The smallest absolute Gasteiger partial charge is 0.314 e. The van der Waals surface area contributed by atoms with Gasteiger partial charge in [-0.05, 0) is 35.9 Å². The van der Waals surface area contributed by atoms with Crippen LogP contribution in [-0.2, 0) is 6.18 Å². The Labute approximate surface area is 158 Å². The summed E-state index contributed by atoms with van der Waals surface area (Å²) >= 11 is 7.30. The van der Waals surface area contributed by atoms with E-state index in [-0.39, 0.29) is 12.4 Å². The molecule has 1 aromatic carbocycles. The van der Waals surface area contributed by atoms with Gasteiger partial charge in [0.1, 0.15) is 5.82 Å². The average molecular weight is 415 g/mol. The minimum Gasteiger partial charge on any atom is -0.314 e. The second-order valence-electron chi connectivity index (χ2n) is 5.60. The van der Waals surface area contributed by atoms with Crippen molar-refractivity contribution in [2.45, 2.75) is 12.2 Å². The molecule has 0 saturated carbocycles. The van der Waals surface area contributed by atoms with E-state index in [1.54, 1.807) is 12.1 Å². The summed E-state index contributed by atoms with van der Waals surface area (Å²) in [6.07, 6.45) is -4.59. The van der Waals surface area contributed by atoms with Crippen LogP contribution in [0.5, 0.6) is 0 Å². The Balaban J connectivity index is 0.00000225. The number of piperazine rings is 1. The molecule has 3 rings (SSSR count). The molecule has 2 nitrogen and oxygen atoms in total. The van der Waals surface area contributed by atoms with E-state index in [9.17, 15) is 17.6 Å². The first-order valence-electron chi connectivity index (χ1n) is 7.42. The molecule has 1 aliphatic heterocycles. The molecule has 0 bridgehead atoms. The Hall–Kier alpha value is -0.860. The summed E-state index contributed by atoms with van der Waals surface area (Å²) in [4.78, 5) is 2.86. The van der Waals surface area contributed by atoms with Crippen LogP contribution >= 0.6 is 35.3 Å². The van der Waals surface area contributed by atoms with Gasteiger partial charge in [-0.25, -0.2) is 4.39 Å². The molecule has 25 heavy (non-hydrogen) atoms. The molecule has 0 aliphatic carbocycles. The van der Waals surface area contributed by atoms with Crippen molar-refractivity contribution in [2.75, 3.05) is 26.2 Å². The van der Waals surface area contributed by atoms with Crippen LogP contribution in [-0.4, -0.2) is 31.1 Å². The first-order chi connectivity index (χ1) is 11.3. The van der Waals surface area contributed by atoms with E-state index in [4.69, 9.17) is 11.6 Å². The van der Waals surface area contributed by atoms with Gasteiger partial charge in [0.15, 0.2) is 0 Å². The fraction of sp³-hybridized carbons (Fsp3) is 0.375. The molecular weight excluding hydrogens is 399 g/mol. The maximum Gasteiger partial charge on any atom is 0.416 e. The molecule has 1 fully saturated rings. The first kappa shape index (κ1) is 20.5. The van der Waals surface area contributed by atoms with Gasteiger partial charge >= 0.3 is 6.18 Å². The molecular formula is C16H16Cl2F4N2S. The third-order valence-electron chi connectivity index (χ3n) is 3.94. The highest BCUT2D eigenvalue weighted by molar-refractivity contribution is 7.16. The van der Waals surface area contributed by atoms with Crippen molar-refractivity contribution in [3.05, 3.63) is 56.5 Å². The molecule has 0 spiro atoms. The maximum atomic E-state index is 13.9. The van der Waals surface area contributed by atoms with Gasteiger partial charge < -0.3 is 5.32 Å². The van der Waals surface area contributed by atoms with E-state index in [1.807, 2.05) is 4.90 Å². The molecule has 9 heteroatoms. The van der Waals surface area contributed by atoms with Gasteiger partial charge in [0.2, 0.25) is 0 Å². The van der Waals surface area contributed by atoms with Crippen LogP contribution in [0.3, 0.4) is 0 Å². The van der Waals surface area contributed by atoms with Crippen molar-refractivity contribution in [1.82, 2.24) is 10.2 Å². The number of nitrogens with one attached hydrogen (secondary N) is 1. The van der Waals surface area contributed by atoms with Crippen LogP contribution in [0.25, 0.3) is 0 Å². The summed E-state index contributed by atoms with van der Waals surface area (Å²) in [6, 6.07) is 5.79. The van der Waals surface area contributed by atoms with Crippen molar-refractivity contribution in [3.63, 3.8) is 0 Å². The average Bonchev–Trinajstić information content (AvgIpc) is 2.93. The van der Waals surface area contributed by atoms with Crippen LogP contribution < -0.4 is 5.32 Å². The molecule has 0 amide bonds. The number of alkyl halides is 3. The first-order valence-corrected chi connectivity index (χ1v) is 8.62. The number of nitrogens with zero attached hydrogens (tertiary/aromatic N) is 1. The van der Waals surface area contributed by atoms with Gasteiger partial charge in [-0.1, -0.05) is 11.6 Å². The van der Waals surface area contributed by atoms with Crippen LogP contribution in [0.2, 0.25) is 4.34 Å². The van der Waals surface area contributed by atoms with Gasteiger partial charge in [0, 0.05) is 31.1 Å². The lowest BCUT2D eigenvalue weighted by atomic mass is 10.00. The zero-order valence-electron chi connectivity index (χ0n) is 12.9. The number of halogens is 6. The van der Waals surface area contributed by atoms with Crippen molar-refractivity contribution in [3.8, 4) is 0 Å². The van der Waals surface area contributed by atoms with Crippen molar-refractivity contribution in [1.29, 1.82) is 0 Å². The zero-order chi connectivity index (χ0) is 17.3. The summed E-state index contributed by atoms with van der Waals surface area (Å²) in [6.45, 7) is 2.80. The second-order valence-corrected chi connectivity index (χ2v) is 7.35. The summed E-state index contributed by atoms with van der Waals surface area (Å²) in [5.41, 5.74) is -0.678. The molecule has 1 aromatic heterocycles. The molecule has 1 saturated heterocycles. The lowest BCUT2D eigenvalue weighted by Crippen LogP contribution is -2.45. The van der Waals surface area contributed by atoms with Crippen molar-refractivity contribution < 1.29 is 17.6 Å². The normalized spacial score (nSPS) is 17.2. The molecule has 2 aromatic rings. The summed E-state index contributed by atoms with van der Waals surface area (Å²) in [5, 5.41) is 3.21. The van der Waals surface area contributed by atoms with Crippen LogP contribution in [0.15, 0.2) is 30.3 Å². The van der Waals surface area contributed by atoms with Gasteiger partial charge in [-0.2, -0.15) is 13.2 Å². The van der Waals surface area contributed by atoms with Gasteiger partial charge in [0.05, 0.1) is 15.9 Å². The predicted molar refractivity (Wildman–Crippen MR) is 94.3 cm³/mol. The largest absolute Gasteiger partial charge is 0.416 e. The number of thiophene rings is 1. The fourth-order valence-corrected chi connectivity index (χ4v) is 4.13. The van der Waals surface area contributed by atoms with E-state index in [0.717, 1.165) is 24.0 Å². The lowest BCUT2D eigenvalue weighted by Gasteiger charge is -2.35. The third-order valence-corrected chi connectivity index (χ3v) is 5.23. The molecule has 0 unspecified atom stereocenters. The zero-order valence-corrected chi connectivity index (χ0v) is 15.3. The highest BCUT2D eigenvalue weighted by atomic mass is 35.5. The van der Waals surface area contributed by atoms with Crippen LogP contribution in [0.1, 0.15) is 22.0 Å². The second kappa shape index (κ2) is 8.22. The van der Waals surface area contributed by atoms with Gasteiger partial charge in [-0.3, -0.25) is 4.90 Å². The number of hydrogen-bond donors (Lipinski definition) is 1. The predicted octanol–water partition coefficient (Wildman–Crippen LogP) is 4.98. The maximum absolute atomic E-state index is 13.9. The highest BCUT2D eigenvalue weighted by Gasteiger charge is 2.33. The highest BCUT2D eigenvalue weighted by Crippen LogP contribution is 2.38. The topological polar surface area (TPSA) is 15.3 Å².